The summed E-state index contributed by atoms with van der Waals surface area (Å²) in [5, 5.41) is 16.0. The Morgan fingerprint density at radius 1 is 0.644 bits per heavy atom. The molecule has 6 aromatic rings. The number of anilines is 2. The molecule has 0 amide bonds. The summed E-state index contributed by atoms with van der Waals surface area (Å²) in [5.74, 6) is 1.83. The number of hydrogen-bond donors (Lipinski definition) is 3. The van der Waals surface area contributed by atoms with E-state index in [1.165, 1.54) is 56.4 Å². The van der Waals surface area contributed by atoms with Crippen molar-refractivity contribution >= 4 is 11.9 Å². The van der Waals surface area contributed by atoms with Crippen LogP contribution in [0.4, 0.5) is 20.7 Å². The summed E-state index contributed by atoms with van der Waals surface area (Å²) in [6.07, 6.45) is 17.7. The van der Waals surface area contributed by atoms with Crippen LogP contribution in [-0.2, 0) is 17.8 Å². The number of hydrogen-bond acceptors (Lipinski definition) is 10. The largest absolute Gasteiger partial charge is 0.395 e. The van der Waals surface area contributed by atoms with E-state index in [9.17, 15) is 13.9 Å². The van der Waals surface area contributed by atoms with Gasteiger partial charge in [-0.2, -0.15) is 0 Å². The van der Waals surface area contributed by atoms with Crippen molar-refractivity contribution < 1.29 is 18.6 Å². The molecule has 1 saturated heterocycles. The van der Waals surface area contributed by atoms with Gasteiger partial charge in [0.25, 0.3) is 0 Å². The van der Waals surface area contributed by atoms with Gasteiger partial charge in [0, 0.05) is 43.2 Å². The van der Waals surface area contributed by atoms with E-state index in [0.717, 1.165) is 78.4 Å². The predicted octanol–water partition coefficient (Wildman–Crippen LogP) is 8.28. The van der Waals surface area contributed by atoms with Crippen molar-refractivity contribution in [2.45, 2.75) is 83.0 Å². The molecule has 12 nitrogen and oxygen atoms in total. The van der Waals surface area contributed by atoms with E-state index in [4.69, 9.17) is 24.7 Å². The molecule has 2 atom stereocenters. The molecule has 0 spiro atoms. The number of halogens is 2. The van der Waals surface area contributed by atoms with Crippen molar-refractivity contribution in [2.24, 2.45) is 17.8 Å². The standard InChI is InChI=1S/C45H50F2N10O2/c46-34-14-10-31(11-15-34)39-41(36-18-20-48-44(53-36)50-22-23-58)57(28-52-39)25-30-6-8-33(9-7-30)43-38(26-59-43)55-45-49-21-19-37(54-45)42-40(32-12-16-35(47)17-13-32)51-27-56(42)24-29-4-2-1-3-5-29/h10-21,27-30,33,38,43,58H,1-9,22-26H2,(H,48,50,53)(H,49,54,55). The highest BCUT2D eigenvalue weighted by Crippen LogP contribution is 2.40. The Bertz CT molecular complexity index is 2320. The van der Waals surface area contributed by atoms with Gasteiger partial charge < -0.3 is 29.6 Å². The fourth-order valence-electron chi connectivity index (χ4n) is 9.20. The number of imidazole rings is 2. The molecule has 3 aliphatic rings. The Labute approximate surface area is 342 Å². The third-order valence-corrected chi connectivity index (χ3v) is 12.3. The molecule has 0 bridgehead atoms. The third-order valence-electron chi connectivity index (χ3n) is 12.3. The first-order valence-corrected chi connectivity index (χ1v) is 21.0. The average Bonchev–Trinajstić information content (AvgIpc) is 3.88. The maximum atomic E-state index is 13.9. The quantitative estimate of drug-likeness (QED) is 0.0986. The zero-order chi connectivity index (χ0) is 40.1. The molecule has 4 aromatic heterocycles. The van der Waals surface area contributed by atoms with E-state index in [-0.39, 0.29) is 30.4 Å². The molecule has 5 heterocycles. The third kappa shape index (κ3) is 8.74. The highest BCUT2D eigenvalue weighted by Gasteiger charge is 2.40. The Morgan fingerprint density at radius 3 is 1.73 bits per heavy atom. The lowest BCUT2D eigenvalue weighted by Crippen LogP contribution is -2.54. The zero-order valence-electron chi connectivity index (χ0n) is 33.1. The zero-order valence-corrected chi connectivity index (χ0v) is 33.1. The number of rotatable bonds is 14. The van der Waals surface area contributed by atoms with Crippen molar-refractivity contribution in [1.82, 2.24) is 39.0 Å². The van der Waals surface area contributed by atoms with Crippen LogP contribution < -0.4 is 10.6 Å². The van der Waals surface area contributed by atoms with Gasteiger partial charge in [-0.05, 0) is 117 Å². The summed E-state index contributed by atoms with van der Waals surface area (Å²) in [5.41, 5.74) is 6.45. The highest BCUT2D eigenvalue weighted by atomic mass is 19.1. The molecule has 306 valence electrons. The minimum Gasteiger partial charge on any atom is -0.395 e. The van der Waals surface area contributed by atoms with Crippen LogP contribution >= 0.6 is 0 Å². The van der Waals surface area contributed by atoms with Gasteiger partial charge >= 0.3 is 0 Å². The van der Waals surface area contributed by atoms with E-state index in [1.807, 2.05) is 24.8 Å². The fraction of sp³-hybridized carbons (Fsp3) is 0.422. The molecule has 2 aliphatic carbocycles. The highest BCUT2D eigenvalue weighted by molar-refractivity contribution is 5.78. The molecule has 14 heteroatoms. The molecule has 1 aliphatic heterocycles. The maximum Gasteiger partial charge on any atom is 0.223 e. The monoisotopic (exact) mass is 800 g/mol. The van der Waals surface area contributed by atoms with Gasteiger partial charge in [-0.15, -0.1) is 0 Å². The van der Waals surface area contributed by atoms with Crippen LogP contribution in [-0.4, -0.2) is 76.0 Å². The summed E-state index contributed by atoms with van der Waals surface area (Å²) in [7, 11) is 0. The normalized spacial score (nSPS) is 20.9. The minimum atomic E-state index is -0.303. The van der Waals surface area contributed by atoms with Crippen LogP contribution in [0.2, 0.25) is 0 Å². The van der Waals surface area contributed by atoms with Crippen LogP contribution in [0, 0.1) is 29.4 Å². The molecule has 59 heavy (non-hydrogen) atoms. The van der Waals surface area contributed by atoms with Gasteiger partial charge in [-0.1, -0.05) is 19.3 Å². The number of aromatic nitrogens is 8. The molecule has 2 aromatic carbocycles. The topological polar surface area (TPSA) is 141 Å². The number of aliphatic hydroxyl groups is 1. The van der Waals surface area contributed by atoms with E-state index in [0.29, 0.717) is 48.5 Å². The Kier molecular flexibility index (Phi) is 11.7. The molecule has 0 radical (unpaired) electrons. The van der Waals surface area contributed by atoms with Crippen LogP contribution in [0.15, 0.2) is 85.7 Å². The number of aliphatic hydroxyl groups excluding tert-OH is 1. The first kappa shape index (κ1) is 38.9. The number of benzene rings is 2. The van der Waals surface area contributed by atoms with E-state index in [1.54, 1.807) is 36.7 Å². The van der Waals surface area contributed by atoms with E-state index in [2.05, 4.69) is 29.7 Å². The van der Waals surface area contributed by atoms with Crippen LogP contribution in [0.25, 0.3) is 45.3 Å². The maximum absolute atomic E-state index is 13.9. The van der Waals surface area contributed by atoms with Crippen LogP contribution in [0.5, 0.6) is 0 Å². The lowest BCUT2D eigenvalue weighted by molar-refractivity contribution is -0.107. The van der Waals surface area contributed by atoms with Crippen molar-refractivity contribution in [2.75, 3.05) is 30.4 Å². The van der Waals surface area contributed by atoms with Gasteiger partial charge in [-0.25, -0.2) is 38.7 Å². The van der Waals surface area contributed by atoms with Crippen molar-refractivity contribution in [1.29, 1.82) is 0 Å². The summed E-state index contributed by atoms with van der Waals surface area (Å²) >= 11 is 0. The summed E-state index contributed by atoms with van der Waals surface area (Å²) < 4.78 is 38.4. The Hall–Kier alpha value is -5.60. The molecule has 3 N–H and O–H groups in total. The minimum absolute atomic E-state index is 0.0348. The fourth-order valence-corrected chi connectivity index (χ4v) is 9.20. The smallest absolute Gasteiger partial charge is 0.223 e. The van der Waals surface area contributed by atoms with Crippen molar-refractivity contribution in [3.8, 4) is 45.3 Å². The number of nitrogens with zero attached hydrogens (tertiary/aromatic N) is 8. The van der Waals surface area contributed by atoms with Gasteiger partial charge in [0.2, 0.25) is 11.9 Å². The number of nitrogens with one attached hydrogen (secondary N) is 2. The first-order valence-electron chi connectivity index (χ1n) is 21.0. The average molecular weight is 801 g/mol. The second kappa shape index (κ2) is 17.7. The van der Waals surface area contributed by atoms with Gasteiger partial charge in [0.15, 0.2) is 0 Å². The van der Waals surface area contributed by atoms with Crippen LogP contribution in [0.3, 0.4) is 0 Å². The second-order valence-corrected chi connectivity index (χ2v) is 16.2. The molecule has 9 rings (SSSR count). The van der Waals surface area contributed by atoms with Gasteiger partial charge in [-0.3, -0.25) is 0 Å². The number of ether oxygens (including phenoxy) is 1. The first-order chi connectivity index (χ1) is 29.0. The van der Waals surface area contributed by atoms with E-state index >= 15 is 0 Å². The Morgan fingerprint density at radius 2 is 1.19 bits per heavy atom. The summed E-state index contributed by atoms with van der Waals surface area (Å²) in [6.45, 7) is 2.54. The van der Waals surface area contributed by atoms with Gasteiger partial charge in [0.1, 0.15) is 11.6 Å². The molecule has 3 fully saturated rings. The molecular formula is C45H50F2N10O2. The van der Waals surface area contributed by atoms with Gasteiger partial charge in [0.05, 0.1) is 72.2 Å². The van der Waals surface area contributed by atoms with Crippen LogP contribution in [0.1, 0.15) is 57.8 Å². The Balaban J connectivity index is 0.879. The second-order valence-electron chi connectivity index (χ2n) is 16.2. The lowest BCUT2D eigenvalue weighted by atomic mass is 9.76. The summed E-state index contributed by atoms with van der Waals surface area (Å²) in [6, 6.07) is 16.8. The van der Waals surface area contributed by atoms with E-state index < -0.39 is 0 Å². The van der Waals surface area contributed by atoms with Crippen molar-refractivity contribution in [3.63, 3.8) is 0 Å². The predicted molar refractivity (Wildman–Crippen MR) is 222 cm³/mol. The molecular weight excluding hydrogens is 751 g/mol. The SMILES string of the molecule is OCCNc1nccc(-c2c(-c3ccc(F)cc3)ncn2CC2CCC(C3OCC3Nc3nccc(-c4c(-c5ccc(F)cc5)ncn4CC4CCCCC4)n3)CC2)n1. The lowest BCUT2D eigenvalue weighted by Gasteiger charge is -2.44. The summed E-state index contributed by atoms with van der Waals surface area (Å²) in [4.78, 5) is 28.4. The molecule has 2 saturated carbocycles. The molecule has 2 unspecified atom stereocenters. The van der Waals surface area contributed by atoms with Crippen molar-refractivity contribution in [3.05, 3.63) is 97.3 Å².